The minimum atomic E-state index is 0.310. The van der Waals surface area contributed by atoms with Crippen molar-refractivity contribution in [1.82, 2.24) is 4.98 Å². The van der Waals surface area contributed by atoms with Gasteiger partial charge in [0, 0.05) is 30.4 Å². The van der Waals surface area contributed by atoms with Gasteiger partial charge in [0.15, 0.2) is 5.11 Å². The maximum absolute atomic E-state index is 5.84. The van der Waals surface area contributed by atoms with E-state index in [0.717, 1.165) is 33.5 Å². The van der Waals surface area contributed by atoms with Crippen molar-refractivity contribution < 1.29 is 4.74 Å². The molecule has 0 spiro atoms. The van der Waals surface area contributed by atoms with Gasteiger partial charge in [-0.25, -0.2) is 0 Å². The molecule has 0 aliphatic rings. The van der Waals surface area contributed by atoms with Gasteiger partial charge in [-0.05, 0) is 49.3 Å². The Morgan fingerprint density at radius 2 is 2.14 bits per heavy atom. The van der Waals surface area contributed by atoms with Crippen molar-refractivity contribution in [3.05, 3.63) is 29.5 Å². The number of nitrogens with two attached hydrogens (primary N) is 2. The second kappa shape index (κ2) is 6.24. The third kappa shape index (κ3) is 2.77. The van der Waals surface area contributed by atoms with Gasteiger partial charge >= 0.3 is 0 Å². The maximum atomic E-state index is 5.84. The van der Waals surface area contributed by atoms with Gasteiger partial charge in [-0.1, -0.05) is 0 Å². The first kappa shape index (κ1) is 15.5. The van der Waals surface area contributed by atoms with Crippen LogP contribution < -0.4 is 21.1 Å². The van der Waals surface area contributed by atoms with Crippen LogP contribution in [-0.2, 0) is 0 Å². The van der Waals surface area contributed by atoms with E-state index in [1.807, 2.05) is 30.9 Å². The molecule has 5 nitrogen and oxygen atoms in total. The zero-order valence-corrected chi connectivity index (χ0v) is 13.3. The number of rotatable bonds is 4. The van der Waals surface area contributed by atoms with Crippen molar-refractivity contribution in [2.75, 3.05) is 25.1 Å². The van der Waals surface area contributed by atoms with Gasteiger partial charge in [0.2, 0.25) is 0 Å². The Morgan fingerprint density at radius 1 is 1.43 bits per heavy atom. The molecule has 1 aromatic carbocycles. The van der Waals surface area contributed by atoms with Crippen molar-refractivity contribution in [3.63, 3.8) is 0 Å². The summed E-state index contributed by atoms with van der Waals surface area (Å²) in [7, 11) is 1.65. The summed E-state index contributed by atoms with van der Waals surface area (Å²) in [6.07, 6.45) is 1.75. The Bertz CT molecular complexity index is 687. The molecule has 1 heterocycles. The van der Waals surface area contributed by atoms with E-state index in [1.54, 1.807) is 13.3 Å². The summed E-state index contributed by atoms with van der Waals surface area (Å²) in [6, 6.07) is 3.89. The van der Waals surface area contributed by atoms with Crippen LogP contribution in [-0.4, -0.2) is 30.3 Å². The topological polar surface area (TPSA) is 77.4 Å². The first-order chi connectivity index (χ1) is 10.0. The molecule has 1 aromatic heterocycles. The summed E-state index contributed by atoms with van der Waals surface area (Å²) in [6.45, 7) is 5.07. The van der Waals surface area contributed by atoms with Crippen molar-refractivity contribution in [1.29, 1.82) is 0 Å². The molecule has 0 amide bonds. The molecule has 0 atom stereocenters. The zero-order valence-electron chi connectivity index (χ0n) is 12.5. The van der Waals surface area contributed by atoms with Gasteiger partial charge in [0.1, 0.15) is 5.75 Å². The van der Waals surface area contributed by atoms with Crippen LogP contribution in [0.2, 0.25) is 0 Å². The maximum Gasteiger partial charge on any atom is 0.170 e. The molecule has 2 aromatic rings. The lowest BCUT2D eigenvalue weighted by Gasteiger charge is -2.26. The molecule has 4 N–H and O–H groups in total. The van der Waals surface area contributed by atoms with Crippen LogP contribution in [0.5, 0.6) is 5.75 Å². The minimum Gasteiger partial charge on any atom is -0.496 e. The van der Waals surface area contributed by atoms with E-state index in [9.17, 15) is 0 Å². The van der Waals surface area contributed by atoms with Crippen molar-refractivity contribution in [2.24, 2.45) is 11.5 Å². The number of thiocarbonyl (C=S) groups is 1. The number of aryl methyl sites for hydroxylation is 2. The number of aromatic nitrogens is 1. The summed E-state index contributed by atoms with van der Waals surface area (Å²) in [5, 5.41) is 1.29. The summed E-state index contributed by atoms with van der Waals surface area (Å²) < 4.78 is 5.47. The molecule has 0 bridgehead atoms. The molecule has 0 saturated carbocycles. The van der Waals surface area contributed by atoms with Crippen LogP contribution in [0, 0.1) is 13.8 Å². The number of ether oxygens (including phenoxy) is 1. The highest BCUT2D eigenvalue weighted by molar-refractivity contribution is 7.80. The molecule has 0 unspecified atom stereocenters. The number of hydrogen-bond acceptors (Lipinski definition) is 4. The summed E-state index contributed by atoms with van der Waals surface area (Å²) >= 11 is 5.15. The highest BCUT2D eigenvalue weighted by Crippen LogP contribution is 2.35. The smallest absolute Gasteiger partial charge is 0.170 e. The first-order valence-corrected chi connectivity index (χ1v) is 7.12. The van der Waals surface area contributed by atoms with E-state index in [4.69, 9.17) is 28.4 Å². The fraction of sp³-hybridized carbons (Fsp3) is 0.333. The highest BCUT2D eigenvalue weighted by Gasteiger charge is 2.17. The summed E-state index contributed by atoms with van der Waals surface area (Å²) in [4.78, 5) is 6.30. The van der Waals surface area contributed by atoms with Crippen LogP contribution in [0.3, 0.4) is 0 Å². The number of hydrogen-bond donors (Lipinski definition) is 2. The fourth-order valence-corrected chi connectivity index (χ4v) is 2.73. The molecule has 0 saturated heterocycles. The second-order valence-corrected chi connectivity index (χ2v) is 5.27. The van der Waals surface area contributed by atoms with Crippen molar-refractivity contribution in [2.45, 2.75) is 13.8 Å². The number of benzene rings is 1. The van der Waals surface area contributed by atoms with E-state index >= 15 is 0 Å². The Hall–Kier alpha value is -1.92. The van der Waals surface area contributed by atoms with E-state index in [0.29, 0.717) is 18.2 Å². The molecule has 112 valence electrons. The monoisotopic (exact) mass is 304 g/mol. The van der Waals surface area contributed by atoms with Crippen LogP contribution in [0.15, 0.2) is 18.3 Å². The number of fused-ring (bicyclic) bond motifs is 1. The Morgan fingerprint density at radius 3 is 2.71 bits per heavy atom. The van der Waals surface area contributed by atoms with Crippen molar-refractivity contribution >= 4 is 33.9 Å². The standard InChI is InChI=1S/C15H20N4OS/c1-9-8-11(19(7-5-16)15(17)21)10(2)13-12(20-3)4-6-18-14(9)13/h4,6,8H,5,7,16H2,1-3H3,(H2,17,21). The van der Waals surface area contributed by atoms with Gasteiger partial charge in [-0.15, -0.1) is 0 Å². The predicted octanol–water partition coefficient (Wildman–Crippen LogP) is 1.87. The van der Waals surface area contributed by atoms with E-state index < -0.39 is 0 Å². The van der Waals surface area contributed by atoms with Crippen LogP contribution >= 0.6 is 12.2 Å². The quantitative estimate of drug-likeness (QED) is 0.840. The Kier molecular flexibility index (Phi) is 4.59. The average Bonchev–Trinajstić information content (AvgIpc) is 2.47. The highest BCUT2D eigenvalue weighted by atomic mass is 32.1. The Balaban J connectivity index is 2.76. The lowest BCUT2D eigenvalue weighted by Crippen LogP contribution is -2.39. The number of anilines is 1. The Labute approximate surface area is 129 Å². The summed E-state index contributed by atoms with van der Waals surface area (Å²) in [5.74, 6) is 0.790. The van der Waals surface area contributed by atoms with Crippen molar-refractivity contribution in [3.8, 4) is 5.75 Å². The van der Waals surface area contributed by atoms with Gasteiger partial charge in [-0.2, -0.15) is 0 Å². The van der Waals surface area contributed by atoms with Gasteiger partial charge in [0.05, 0.1) is 12.6 Å². The largest absolute Gasteiger partial charge is 0.496 e. The van der Waals surface area contributed by atoms with Crippen LogP contribution in [0.25, 0.3) is 10.9 Å². The molecule has 21 heavy (non-hydrogen) atoms. The zero-order chi connectivity index (χ0) is 15.6. The SMILES string of the molecule is COc1ccnc2c(C)cc(N(CCN)C(N)=S)c(C)c12. The second-order valence-electron chi connectivity index (χ2n) is 4.85. The fourth-order valence-electron chi connectivity index (χ4n) is 2.54. The summed E-state index contributed by atoms with van der Waals surface area (Å²) in [5.41, 5.74) is 15.5. The molecule has 0 radical (unpaired) electrons. The lowest BCUT2D eigenvalue weighted by molar-refractivity contribution is 0.419. The normalized spacial score (nSPS) is 10.7. The third-order valence-electron chi connectivity index (χ3n) is 3.53. The van der Waals surface area contributed by atoms with E-state index in [2.05, 4.69) is 4.98 Å². The molecular formula is C15H20N4OS. The molecule has 6 heteroatoms. The van der Waals surface area contributed by atoms with Gasteiger partial charge in [-0.3, -0.25) is 4.98 Å². The third-order valence-corrected chi connectivity index (χ3v) is 3.75. The molecular weight excluding hydrogens is 284 g/mol. The predicted molar refractivity (Wildman–Crippen MR) is 91.0 cm³/mol. The number of pyridine rings is 1. The first-order valence-electron chi connectivity index (χ1n) is 6.71. The van der Waals surface area contributed by atoms with Gasteiger partial charge < -0.3 is 21.1 Å². The number of methoxy groups -OCH3 is 1. The van der Waals surface area contributed by atoms with Crippen LogP contribution in [0.1, 0.15) is 11.1 Å². The molecule has 0 aliphatic heterocycles. The molecule has 2 rings (SSSR count). The number of nitrogens with zero attached hydrogens (tertiary/aromatic N) is 2. The van der Waals surface area contributed by atoms with E-state index in [1.165, 1.54) is 0 Å². The average molecular weight is 304 g/mol. The van der Waals surface area contributed by atoms with E-state index in [-0.39, 0.29) is 0 Å². The minimum absolute atomic E-state index is 0.310. The molecule has 0 aliphatic carbocycles. The van der Waals surface area contributed by atoms with Crippen LogP contribution in [0.4, 0.5) is 5.69 Å². The lowest BCUT2D eigenvalue weighted by atomic mass is 10.0. The molecule has 0 fully saturated rings. The van der Waals surface area contributed by atoms with Gasteiger partial charge in [0.25, 0.3) is 0 Å².